The van der Waals surface area contributed by atoms with Crippen LogP contribution in [0.15, 0.2) is 34.9 Å². The molecule has 3 heteroatoms. The summed E-state index contributed by atoms with van der Waals surface area (Å²) < 4.78 is 0. The van der Waals surface area contributed by atoms with Crippen molar-refractivity contribution >= 4 is 11.8 Å². The summed E-state index contributed by atoms with van der Waals surface area (Å²) in [5.41, 5.74) is 6.48. The normalized spacial score (nSPS) is 32.8. The van der Waals surface area contributed by atoms with E-state index in [-0.39, 0.29) is 6.61 Å². The Kier molecular flexibility index (Phi) is 1.98. The van der Waals surface area contributed by atoms with Gasteiger partial charge in [-0.1, -0.05) is 18.2 Å². The number of hydrogen-bond acceptors (Lipinski definition) is 3. The molecule has 0 aromatic carbocycles. The van der Waals surface area contributed by atoms with E-state index in [9.17, 15) is 0 Å². The lowest BCUT2D eigenvalue weighted by molar-refractivity contribution is 0.339. The Bertz CT molecular complexity index is 280. The zero-order chi connectivity index (χ0) is 8.55. The second-order valence-corrected chi connectivity index (χ2v) is 4.28. The molecule has 0 bridgehead atoms. The van der Waals surface area contributed by atoms with Crippen LogP contribution in [0.5, 0.6) is 0 Å². The number of allylic oxidation sites excluding steroid dienone is 3. The first kappa shape index (κ1) is 7.95. The Balaban J connectivity index is 2.19. The van der Waals surface area contributed by atoms with Crippen molar-refractivity contribution in [2.45, 2.75) is 5.25 Å². The smallest absolute Gasteiger partial charge is 0.0737 e. The van der Waals surface area contributed by atoms with Crippen molar-refractivity contribution in [3.05, 3.63) is 34.9 Å². The molecular formula is C9H11NOS. The molecule has 2 aliphatic rings. The van der Waals surface area contributed by atoms with Gasteiger partial charge in [0.25, 0.3) is 0 Å². The van der Waals surface area contributed by atoms with Gasteiger partial charge in [-0.05, 0) is 6.08 Å². The fraction of sp³-hybridized carbons (Fsp3) is 0.333. The molecule has 2 unspecified atom stereocenters. The van der Waals surface area contributed by atoms with Crippen LogP contribution in [0.1, 0.15) is 0 Å². The highest BCUT2D eigenvalue weighted by Crippen LogP contribution is 2.39. The van der Waals surface area contributed by atoms with Gasteiger partial charge >= 0.3 is 0 Å². The maximum Gasteiger partial charge on any atom is 0.0737 e. The van der Waals surface area contributed by atoms with Crippen molar-refractivity contribution in [2.75, 3.05) is 6.61 Å². The molecule has 1 aliphatic carbocycles. The van der Waals surface area contributed by atoms with Gasteiger partial charge in [0.05, 0.1) is 6.61 Å². The first-order valence-electron chi connectivity index (χ1n) is 3.93. The van der Waals surface area contributed by atoms with E-state index in [4.69, 9.17) is 10.8 Å². The molecule has 1 aliphatic heterocycles. The van der Waals surface area contributed by atoms with Crippen molar-refractivity contribution in [1.82, 2.24) is 0 Å². The van der Waals surface area contributed by atoms with Crippen LogP contribution in [-0.2, 0) is 0 Å². The second kappa shape index (κ2) is 2.99. The predicted octanol–water partition coefficient (Wildman–Crippen LogP) is 1.01. The minimum absolute atomic E-state index is 0.152. The molecule has 3 N–H and O–H groups in total. The van der Waals surface area contributed by atoms with Gasteiger partial charge in [-0.15, -0.1) is 11.8 Å². The van der Waals surface area contributed by atoms with E-state index in [1.54, 1.807) is 11.8 Å². The first-order valence-corrected chi connectivity index (χ1v) is 4.81. The van der Waals surface area contributed by atoms with E-state index in [1.165, 1.54) is 0 Å². The Morgan fingerprint density at radius 2 is 2.33 bits per heavy atom. The molecule has 12 heavy (non-hydrogen) atoms. The van der Waals surface area contributed by atoms with Crippen molar-refractivity contribution in [1.29, 1.82) is 0 Å². The van der Waals surface area contributed by atoms with E-state index in [2.05, 4.69) is 12.2 Å². The summed E-state index contributed by atoms with van der Waals surface area (Å²) in [7, 11) is 0. The number of rotatable bonds is 1. The summed E-state index contributed by atoms with van der Waals surface area (Å²) in [6.07, 6.45) is 8.16. The lowest BCUT2D eigenvalue weighted by Gasteiger charge is -2.15. The average Bonchev–Trinajstić information content (AvgIpc) is 2.46. The van der Waals surface area contributed by atoms with Gasteiger partial charge in [0.15, 0.2) is 0 Å². The van der Waals surface area contributed by atoms with E-state index >= 15 is 0 Å². The van der Waals surface area contributed by atoms with E-state index in [1.807, 2.05) is 12.2 Å². The summed E-state index contributed by atoms with van der Waals surface area (Å²) in [5, 5.41) is 9.37. The number of thioether (sulfide) groups is 1. The number of nitrogens with two attached hydrogens (primary N) is 1. The predicted molar refractivity (Wildman–Crippen MR) is 51.4 cm³/mol. The summed E-state index contributed by atoms with van der Waals surface area (Å²) in [6, 6.07) is 0. The van der Waals surface area contributed by atoms with Crippen LogP contribution >= 0.6 is 11.8 Å². The second-order valence-electron chi connectivity index (χ2n) is 2.98. The molecule has 0 spiro atoms. The van der Waals surface area contributed by atoms with Crippen molar-refractivity contribution in [3.8, 4) is 0 Å². The first-order chi connectivity index (χ1) is 5.79. The number of aliphatic hydroxyl groups is 1. The van der Waals surface area contributed by atoms with Crippen molar-refractivity contribution in [3.63, 3.8) is 0 Å². The summed E-state index contributed by atoms with van der Waals surface area (Å²) in [4.78, 5) is 1.06. The van der Waals surface area contributed by atoms with Crippen LogP contribution in [0.25, 0.3) is 0 Å². The Morgan fingerprint density at radius 3 is 3.08 bits per heavy atom. The molecule has 1 heterocycles. The minimum atomic E-state index is 0.152. The third-order valence-electron chi connectivity index (χ3n) is 2.06. The molecule has 0 saturated heterocycles. The fourth-order valence-corrected chi connectivity index (χ4v) is 2.62. The van der Waals surface area contributed by atoms with Crippen LogP contribution in [0.2, 0.25) is 0 Å². The Labute approximate surface area is 75.8 Å². The van der Waals surface area contributed by atoms with Crippen LogP contribution in [0.4, 0.5) is 0 Å². The molecule has 0 saturated carbocycles. The maximum atomic E-state index is 8.91. The van der Waals surface area contributed by atoms with Gasteiger partial charge in [-0.3, -0.25) is 0 Å². The monoisotopic (exact) mass is 181 g/mol. The summed E-state index contributed by atoms with van der Waals surface area (Å²) in [6.45, 7) is 0.152. The van der Waals surface area contributed by atoms with E-state index in [0.717, 1.165) is 10.6 Å². The standard InChI is InChI=1S/C9H11NOS/c10-7-1-2-9-6(3-7)4-8(5-11)12-9/h1-4,6,9,11H,5,10H2. The molecule has 0 aromatic heterocycles. The highest BCUT2D eigenvalue weighted by molar-refractivity contribution is 8.04. The molecule has 0 amide bonds. The molecule has 0 aromatic rings. The third-order valence-corrected chi connectivity index (χ3v) is 3.38. The van der Waals surface area contributed by atoms with Gasteiger partial charge < -0.3 is 10.8 Å². The lowest BCUT2D eigenvalue weighted by Crippen LogP contribution is -2.12. The molecule has 2 nitrogen and oxygen atoms in total. The zero-order valence-electron chi connectivity index (χ0n) is 6.60. The molecule has 0 radical (unpaired) electrons. The van der Waals surface area contributed by atoms with Crippen molar-refractivity contribution < 1.29 is 5.11 Å². The number of aliphatic hydroxyl groups excluding tert-OH is 1. The Morgan fingerprint density at radius 1 is 1.50 bits per heavy atom. The molecule has 0 fully saturated rings. The van der Waals surface area contributed by atoms with E-state index in [0.29, 0.717) is 11.2 Å². The highest BCUT2D eigenvalue weighted by Gasteiger charge is 2.26. The van der Waals surface area contributed by atoms with Gasteiger partial charge in [0.1, 0.15) is 0 Å². The number of fused-ring (bicyclic) bond motifs is 1. The van der Waals surface area contributed by atoms with Crippen molar-refractivity contribution in [2.24, 2.45) is 11.7 Å². The van der Waals surface area contributed by atoms with Crippen LogP contribution < -0.4 is 5.73 Å². The molecule has 2 rings (SSSR count). The zero-order valence-corrected chi connectivity index (χ0v) is 7.42. The van der Waals surface area contributed by atoms with Gasteiger partial charge in [-0.2, -0.15) is 0 Å². The third kappa shape index (κ3) is 1.30. The summed E-state index contributed by atoms with van der Waals surface area (Å²) >= 11 is 1.72. The van der Waals surface area contributed by atoms with Gasteiger partial charge in [-0.25, -0.2) is 0 Å². The molecule has 2 atom stereocenters. The van der Waals surface area contributed by atoms with Gasteiger partial charge in [0, 0.05) is 21.8 Å². The van der Waals surface area contributed by atoms with Crippen LogP contribution in [0, 0.1) is 5.92 Å². The van der Waals surface area contributed by atoms with Crippen LogP contribution in [0.3, 0.4) is 0 Å². The van der Waals surface area contributed by atoms with E-state index < -0.39 is 0 Å². The fourth-order valence-electron chi connectivity index (χ4n) is 1.49. The summed E-state index contributed by atoms with van der Waals surface area (Å²) in [5.74, 6) is 0.391. The minimum Gasteiger partial charge on any atom is -0.399 e. The number of hydrogen-bond donors (Lipinski definition) is 2. The SMILES string of the molecule is NC1=CC2C=C(CO)SC2C=C1. The highest BCUT2D eigenvalue weighted by atomic mass is 32.2. The van der Waals surface area contributed by atoms with Gasteiger partial charge in [0.2, 0.25) is 0 Å². The molecule has 64 valence electrons. The maximum absolute atomic E-state index is 8.91. The lowest BCUT2D eigenvalue weighted by atomic mass is 9.99. The largest absolute Gasteiger partial charge is 0.399 e. The topological polar surface area (TPSA) is 46.2 Å². The Hall–Kier alpha value is -0.670. The molecular weight excluding hydrogens is 170 g/mol. The van der Waals surface area contributed by atoms with Crippen LogP contribution in [-0.4, -0.2) is 17.0 Å². The average molecular weight is 181 g/mol. The quantitative estimate of drug-likeness (QED) is 0.634.